The van der Waals surface area contributed by atoms with Gasteiger partial charge >= 0.3 is 0 Å². The van der Waals surface area contributed by atoms with Crippen LogP contribution < -0.4 is 10.5 Å². The van der Waals surface area contributed by atoms with Crippen LogP contribution in [0.4, 0.5) is 5.69 Å². The molecule has 0 aromatic heterocycles. The molecule has 1 aromatic carbocycles. The van der Waals surface area contributed by atoms with Crippen LogP contribution in [0.15, 0.2) is 27.6 Å². The number of halogens is 1. The zero-order valence-corrected chi connectivity index (χ0v) is 11.2. The van der Waals surface area contributed by atoms with Crippen molar-refractivity contribution in [2.24, 2.45) is 11.1 Å². The summed E-state index contributed by atoms with van der Waals surface area (Å²) in [6.45, 7) is 0. The van der Waals surface area contributed by atoms with Crippen LogP contribution in [0.1, 0.15) is 12.8 Å². The third kappa shape index (κ3) is 3.05. The van der Waals surface area contributed by atoms with Crippen LogP contribution in [0, 0.1) is 5.92 Å². The largest absolute Gasteiger partial charge is 0.326 e. The summed E-state index contributed by atoms with van der Waals surface area (Å²) in [5.74, 6) is 0.0759. The fourth-order valence-corrected chi connectivity index (χ4v) is 3.04. The summed E-state index contributed by atoms with van der Waals surface area (Å²) >= 11 is 3.12. The van der Waals surface area contributed by atoms with E-state index in [1.54, 1.807) is 0 Å². The predicted molar refractivity (Wildman–Crippen MR) is 66.9 cm³/mol. The highest BCUT2D eigenvalue weighted by Gasteiger charge is 2.29. The molecule has 0 atom stereocenters. The Hall–Kier alpha value is -0.920. The minimum absolute atomic E-state index is 0.00178. The van der Waals surface area contributed by atoms with Crippen LogP contribution in [-0.4, -0.2) is 14.3 Å². The molecule has 5 nitrogen and oxygen atoms in total. The Kier molecular flexibility index (Phi) is 3.24. The number of anilines is 1. The van der Waals surface area contributed by atoms with Crippen LogP contribution in [0.5, 0.6) is 0 Å². The third-order valence-corrected chi connectivity index (χ3v) is 4.34. The summed E-state index contributed by atoms with van der Waals surface area (Å²) < 4.78 is 22.7. The second kappa shape index (κ2) is 4.40. The molecule has 17 heavy (non-hydrogen) atoms. The van der Waals surface area contributed by atoms with Crippen molar-refractivity contribution < 1.29 is 13.2 Å². The van der Waals surface area contributed by atoms with Gasteiger partial charge in [0.05, 0.1) is 4.90 Å². The zero-order valence-electron chi connectivity index (χ0n) is 8.81. The van der Waals surface area contributed by atoms with Gasteiger partial charge in [-0.25, -0.2) is 13.6 Å². The van der Waals surface area contributed by atoms with Crippen LogP contribution in [0.2, 0.25) is 0 Å². The van der Waals surface area contributed by atoms with Gasteiger partial charge in [-0.3, -0.25) is 4.79 Å². The number of sulfonamides is 1. The van der Waals surface area contributed by atoms with Gasteiger partial charge in [-0.2, -0.15) is 0 Å². The molecule has 1 amide bonds. The molecule has 1 aliphatic carbocycles. The molecular weight excluding hydrogens is 308 g/mol. The Morgan fingerprint density at radius 2 is 2.06 bits per heavy atom. The number of nitrogens with one attached hydrogen (secondary N) is 1. The van der Waals surface area contributed by atoms with Crippen LogP contribution in [-0.2, 0) is 14.8 Å². The van der Waals surface area contributed by atoms with Gasteiger partial charge in [-0.15, -0.1) is 0 Å². The molecule has 2 rings (SSSR count). The summed E-state index contributed by atoms with van der Waals surface area (Å²) in [5.41, 5.74) is 0.557. The van der Waals surface area contributed by atoms with Crippen LogP contribution in [0.3, 0.4) is 0 Å². The minimum atomic E-state index is -3.74. The number of hydrogen-bond donors (Lipinski definition) is 2. The van der Waals surface area contributed by atoms with Crippen molar-refractivity contribution in [3.63, 3.8) is 0 Å². The van der Waals surface area contributed by atoms with Crippen molar-refractivity contribution in [1.82, 2.24) is 0 Å². The number of amides is 1. The van der Waals surface area contributed by atoms with E-state index in [0.29, 0.717) is 10.2 Å². The number of primary sulfonamides is 1. The van der Waals surface area contributed by atoms with E-state index in [9.17, 15) is 13.2 Å². The molecule has 7 heteroatoms. The third-order valence-electron chi connectivity index (χ3n) is 2.45. The first kappa shape index (κ1) is 12.5. The molecule has 1 saturated carbocycles. The first-order chi connectivity index (χ1) is 7.88. The molecule has 0 bridgehead atoms. The van der Waals surface area contributed by atoms with E-state index < -0.39 is 10.0 Å². The van der Waals surface area contributed by atoms with Crippen LogP contribution in [0.25, 0.3) is 0 Å². The second-order valence-electron chi connectivity index (χ2n) is 3.95. The maximum Gasteiger partial charge on any atom is 0.239 e. The lowest BCUT2D eigenvalue weighted by atomic mass is 10.3. The molecule has 3 N–H and O–H groups in total. The summed E-state index contributed by atoms with van der Waals surface area (Å²) in [7, 11) is -3.74. The molecule has 1 aliphatic rings. The first-order valence-corrected chi connectivity index (χ1v) is 7.35. The monoisotopic (exact) mass is 318 g/mol. The van der Waals surface area contributed by atoms with Crippen molar-refractivity contribution >= 4 is 37.5 Å². The highest BCUT2D eigenvalue weighted by molar-refractivity contribution is 9.10. The van der Waals surface area contributed by atoms with Gasteiger partial charge in [0.25, 0.3) is 0 Å². The highest BCUT2D eigenvalue weighted by Crippen LogP contribution is 2.31. The summed E-state index contributed by atoms with van der Waals surface area (Å²) in [6.07, 6.45) is 1.84. The van der Waals surface area contributed by atoms with Crippen molar-refractivity contribution in [2.45, 2.75) is 17.7 Å². The molecular formula is C10H11BrN2O3S. The standard InChI is InChI=1S/C10H11BrN2O3S/c11-8-5-7(13-10(14)6-1-2-6)3-4-9(8)17(12,15)16/h3-6H,1-2H2,(H,13,14)(H2,12,15,16). The lowest BCUT2D eigenvalue weighted by molar-refractivity contribution is -0.117. The second-order valence-corrected chi connectivity index (χ2v) is 6.34. The Balaban J connectivity index is 2.21. The van der Waals surface area contributed by atoms with E-state index in [2.05, 4.69) is 21.2 Å². The fraction of sp³-hybridized carbons (Fsp3) is 0.300. The first-order valence-electron chi connectivity index (χ1n) is 5.01. The molecule has 0 unspecified atom stereocenters. The Morgan fingerprint density at radius 1 is 1.41 bits per heavy atom. The Morgan fingerprint density at radius 3 is 2.53 bits per heavy atom. The SMILES string of the molecule is NS(=O)(=O)c1ccc(NC(=O)C2CC2)cc1Br. The summed E-state index contributed by atoms with van der Waals surface area (Å²) in [6, 6.07) is 4.41. The Bertz CT molecular complexity index is 567. The molecule has 0 heterocycles. The number of carbonyl (C=O) groups is 1. The van der Waals surface area contributed by atoms with Gasteiger partial charge in [-0.1, -0.05) is 0 Å². The van der Waals surface area contributed by atoms with Crippen molar-refractivity contribution in [2.75, 3.05) is 5.32 Å². The molecule has 0 spiro atoms. The average molecular weight is 319 g/mol. The molecule has 0 radical (unpaired) electrons. The quantitative estimate of drug-likeness (QED) is 0.883. The van der Waals surface area contributed by atoms with E-state index in [1.807, 2.05) is 0 Å². The van der Waals surface area contributed by atoms with E-state index in [1.165, 1.54) is 18.2 Å². The molecule has 0 saturated heterocycles. The smallest absolute Gasteiger partial charge is 0.239 e. The van der Waals surface area contributed by atoms with Gasteiger partial charge in [0.2, 0.25) is 15.9 Å². The summed E-state index contributed by atoms with van der Waals surface area (Å²) in [5, 5.41) is 7.74. The lowest BCUT2D eigenvalue weighted by Crippen LogP contribution is -2.15. The van der Waals surface area contributed by atoms with E-state index >= 15 is 0 Å². The maximum absolute atomic E-state index is 11.5. The van der Waals surface area contributed by atoms with Gasteiger partial charge < -0.3 is 5.32 Å². The normalized spacial score (nSPS) is 15.6. The maximum atomic E-state index is 11.5. The van der Waals surface area contributed by atoms with Gasteiger partial charge in [-0.05, 0) is 47.0 Å². The minimum Gasteiger partial charge on any atom is -0.326 e. The number of rotatable bonds is 3. The number of hydrogen-bond acceptors (Lipinski definition) is 3. The van der Waals surface area contributed by atoms with Crippen molar-refractivity contribution in [3.05, 3.63) is 22.7 Å². The van der Waals surface area contributed by atoms with Crippen molar-refractivity contribution in [1.29, 1.82) is 0 Å². The average Bonchev–Trinajstić information content (AvgIpc) is 2.98. The molecule has 1 aromatic rings. The number of nitrogens with two attached hydrogens (primary N) is 1. The lowest BCUT2D eigenvalue weighted by Gasteiger charge is -2.07. The topological polar surface area (TPSA) is 89.3 Å². The van der Waals surface area contributed by atoms with Gasteiger partial charge in [0.15, 0.2) is 0 Å². The highest BCUT2D eigenvalue weighted by atomic mass is 79.9. The van der Waals surface area contributed by atoms with Gasteiger partial charge in [0, 0.05) is 16.1 Å². The van der Waals surface area contributed by atoms with E-state index in [-0.39, 0.29) is 16.7 Å². The van der Waals surface area contributed by atoms with Crippen LogP contribution >= 0.6 is 15.9 Å². The predicted octanol–water partition coefficient (Wildman–Crippen LogP) is 1.45. The van der Waals surface area contributed by atoms with Gasteiger partial charge in [0.1, 0.15) is 0 Å². The fourth-order valence-electron chi connectivity index (χ4n) is 1.40. The summed E-state index contributed by atoms with van der Waals surface area (Å²) in [4.78, 5) is 11.5. The molecule has 1 fully saturated rings. The van der Waals surface area contributed by atoms with Crippen molar-refractivity contribution in [3.8, 4) is 0 Å². The number of carbonyl (C=O) groups excluding carboxylic acids is 1. The molecule has 92 valence electrons. The molecule has 0 aliphatic heterocycles. The van der Waals surface area contributed by atoms with E-state index in [0.717, 1.165) is 12.8 Å². The number of benzene rings is 1. The Labute approximate surface area is 108 Å². The van der Waals surface area contributed by atoms with E-state index in [4.69, 9.17) is 5.14 Å². The zero-order chi connectivity index (χ0) is 12.6.